The van der Waals surface area contributed by atoms with Gasteiger partial charge in [0.05, 0.1) is 0 Å². The predicted octanol–water partition coefficient (Wildman–Crippen LogP) is 3.17. The van der Waals surface area contributed by atoms with Gasteiger partial charge in [-0.1, -0.05) is 0 Å². The molecule has 0 aromatic heterocycles. The topological polar surface area (TPSA) is 73.4 Å². The van der Waals surface area contributed by atoms with Gasteiger partial charge in [-0.15, -0.1) is 0 Å². The van der Waals surface area contributed by atoms with Crippen molar-refractivity contribution in [2.45, 2.75) is 25.3 Å². The Bertz CT molecular complexity index is 961. The SMILES string of the molecule is CN(C)C(=O)C(CCCC[PH](c1ccccc1)(c1ccccc1)c1ccccc1)N(C)C(=N)N. The molecule has 0 radical (unpaired) electrons. The second kappa shape index (κ2) is 11.8. The molecule has 5 nitrogen and oxygen atoms in total. The third-order valence-corrected chi connectivity index (χ3v) is 11.7. The molecule has 1 unspecified atom stereocenters. The molecule has 0 spiro atoms. The molecule has 6 heteroatoms. The van der Waals surface area contributed by atoms with Crippen molar-refractivity contribution in [2.75, 3.05) is 27.3 Å². The fraction of sp³-hybridized carbons (Fsp3) is 0.286. The molecule has 0 saturated heterocycles. The van der Waals surface area contributed by atoms with Crippen LogP contribution in [0.25, 0.3) is 0 Å². The van der Waals surface area contributed by atoms with Crippen LogP contribution < -0.4 is 21.6 Å². The minimum absolute atomic E-state index is 0.0182. The van der Waals surface area contributed by atoms with Gasteiger partial charge in [0.2, 0.25) is 0 Å². The monoisotopic (exact) mass is 476 g/mol. The molecular weight excluding hydrogens is 439 g/mol. The van der Waals surface area contributed by atoms with Gasteiger partial charge in [-0.3, -0.25) is 0 Å². The zero-order valence-corrected chi connectivity index (χ0v) is 21.4. The molecule has 0 saturated carbocycles. The molecular formula is C28H37N4OP. The Balaban J connectivity index is 1.93. The number of carbonyl (C=O) groups is 1. The maximum absolute atomic E-state index is 12.8. The van der Waals surface area contributed by atoms with Crippen LogP contribution in [0.15, 0.2) is 91.0 Å². The Hall–Kier alpha value is -3.17. The van der Waals surface area contributed by atoms with Crippen molar-refractivity contribution in [1.82, 2.24) is 9.80 Å². The fourth-order valence-electron chi connectivity index (χ4n) is 4.78. The van der Waals surface area contributed by atoms with Crippen molar-refractivity contribution in [3.8, 4) is 0 Å². The summed E-state index contributed by atoms with van der Waals surface area (Å²) in [6.45, 7) is 0. The van der Waals surface area contributed by atoms with E-state index in [2.05, 4.69) is 91.0 Å². The minimum atomic E-state index is -2.27. The zero-order chi connectivity index (χ0) is 24.6. The number of hydrogen-bond donors (Lipinski definition) is 2. The molecule has 3 N–H and O–H groups in total. The second-order valence-corrected chi connectivity index (χ2v) is 13.0. The summed E-state index contributed by atoms with van der Waals surface area (Å²) in [5, 5.41) is 12.0. The van der Waals surface area contributed by atoms with Gasteiger partial charge in [0, 0.05) is 0 Å². The van der Waals surface area contributed by atoms with Gasteiger partial charge in [0.1, 0.15) is 0 Å². The van der Waals surface area contributed by atoms with E-state index in [0.29, 0.717) is 6.42 Å². The molecule has 0 bridgehead atoms. The van der Waals surface area contributed by atoms with E-state index in [0.717, 1.165) is 19.0 Å². The number of guanidine groups is 1. The zero-order valence-electron chi connectivity index (χ0n) is 20.4. The number of nitrogens with two attached hydrogens (primary N) is 1. The normalized spacial score (nSPS) is 12.6. The number of unbranched alkanes of at least 4 members (excludes halogenated alkanes) is 1. The number of likely N-dealkylation sites (N-methyl/N-ethyl adjacent to an activating group) is 2. The van der Waals surface area contributed by atoms with E-state index < -0.39 is 13.3 Å². The second-order valence-electron chi connectivity index (χ2n) is 8.99. The first kappa shape index (κ1) is 25.5. The van der Waals surface area contributed by atoms with Crippen LogP contribution >= 0.6 is 7.26 Å². The summed E-state index contributed by atoms with van der Waals surface area (Å²) in [6, 6.07) is 32.3. The van der Waals surface area contributed by atoms with Gasteiger partial charge in [0.25, 0.3) is 0 Å². The van der Waals surface area contributed by atoms with E-state index in [1.54, 1.807) is 30.9 Å². The number of rotatable bonds is 10. The van der Waals surface area contributed by atoms with Gasteiger partial charge in [-0.05, 0) is 0 Å². The van der Waals surface area contributed by atoms with E-state index in [1.807, 2.05) is 0 Å². The van der Waals surface area contributed by atoms with Crippen LogP contribution in [0.4, 0.5) is 0 Å². The molecule has 180 valence electrons. The average molecular weight is 477 g/mol. The van der Waals surface area contributed by atoms with Crippen molar-refractivity contribution in [1.29, 1.82) is 5.41 Å². The summed E-state index contributed by atoms with van der Waals surface area (Å²) in [5.41, 5.74) is 5.72. The molecule has 3 rings (SSSR count). The van der Waals surface area contributed by atoms with E-state index in [1.165, 1.54) is 15.9 Å². The quantitative estimate of drug-likeness (QED) is 0.204. The van der Waals surface area contributed by atoms with Crippen LogP contribution in [-0.4, -0.2) is 55.0 Å². The first-order valence-corrected chi connectivity index (χ1v) is 14.0. The van der Waals surface area contributed by atoms with Gasteiger partial charge in [-0.25, -0.2) is 0 Å². The molecule has 34 heavy (non-hydrogen) atoms. The van der Waals surface area contributed by atoms with Crippen LogP contribution in [0, 0.1) is 5.41 Å². The van der Waals surface area contributed by atoms with Crippen molar-refractivity contribution in [3.63, 3.8) is 0 Å². The van der Waals surface area contributed by atoms with Gasteiger partial charge in [-0.2, -0.15) is 0 Å². The van der Waals surface area contributed by atoms with Crippen LogP contribution in [0.5, 0.6) is 0 Å². The number of benzene rings is 3. The Morgan fingerprint density at radius 1 is 0.794 bits per heavy atom. The Morgan fingerprint density at radius 3 is 1.56 bits per heavy atom. The van der Waals surface area contributed by atoms with Gasteiger partial charge in [0.15, 0.2) is 0 Å². The van der Waals surface area contributed by atoms with Crippen LogP contribution in [0.3, 0.4) is 0 Å². The fourth-order valence-corrected chi connectivity index (χ4v) is 9.71. The molecule has 3 aromatic carbocycles. The third-order valence-electron chi connectivity index (χ3n) is 6.65. The Kier molecular flexibility index (Phi) is 8.84. The molecule has 1 amide bonds. The number of carbonyl (C=O) groups excluding carboxylic acids is 1. The van der Waals surface area contributed by atoms with Crippen LogP contribution in [0.2, 0.25) is 0 Å². The third kappa shape index (κ3) is 5.66. The number of hydrogen-bond acceptors (Lipinski definition) is 2. The molecule has 3 aromatic rings. The molecule has 0 heterocycles. The van der Waals surface area contributed by atoms with Gasteiger partial charge < -0.3 is 0 Å². The average Bonchev–Trinajstić information content (AvgIpc) is 2.87. The first-order valence-electron chi connectivity index (χ1n) is 11.8. The molecule has 0 aliphatic carbocycles. The summed E-state index contributed by atoms with van der Waals surface area (Å²) in [5.74, 6) is -0.0998. The summed E-state index contributed by atoms with van der Waals surface area (Å²) in [6.07, 6.45) is 3.56. The summed E-state index contributed by atoms with van der Waals surface area (Å²) < 4.78 is 0. The van der Waals surface area contributed by atoms with Crippen molar-refractivity contribution < 1.29 is 4.79 Å². The number of nitrogens with one attached hydrogen (secondary N) is 1. The van der Waals surface area contributed by atoms with Crippen molar-refractivity contribution in [2.24, 2.45) is 5.73 Å². The van der Waals surface area contributed by atoms with E-state index >= 15 is 0 Å². The molecule has 0 aliphatic rings. The molecule has 0 aliphatic heterocycles. The standard InChI is InChI=1S/C28H37N4OP/c1-31(2)27(33)26(32(3)28(29)30)21-13-14-22-34(23-15-7-4-8-16-23,24-17-9-5-10-18-24)25-19-11-6-12-20-25/h4-12,15-20,26,34H,13-14,21-22H2,1-3H3,(H3,29,30). The number of amides is 1. The predicted molar refractivity (Wildman–Crippen MR) is 147 cm³/mol. The molecule has 0 fully saturated rings. The van der Waals surface area contributed by atoms with Crippen molar-refractivity contribution >= 4 is 35.0 Å². The van der Waals surface area contributed by atoms with E-state index in [4.69, 9.17) is 11.1 Å². The van der Waals surface area contributed by atoms with E-state index in [9.17, 15) is 4.79 Å². The Morgan fingerprint density at radius 2 is 1.21 bits per heavy atom. The summed E-state index contributed by atoms with van der Waals surface area (Å²) >= 11 is 0. The molecule has 1 atom stereocenters. The first-order chi connectivity index (χ1) is 16.4. The maximum atomic E-state index is 12.8. The van der Waals surface area contributed by atoms with E-state index in [-0.39, 0.29) is 11.9 Å². The summed E-state index contributed by atoms with van der Waals surface area (Å²) in [4.78, 5) is 16.0. The number of nitrogens with zero attached hydrogens (tertiary/aromatic N) is 2. The summed E-state index contributed by atoms with van der Waals surface area (Å²) in [7, 11) is 2.96. The van der Waals surface area contributed by atoms with Crippen LogP contribution in [-0.2, 0) is 4.79 Å². The Labute approximate surface area is 204 Å². The van der Waals surface area contributed by atoms with Crippen molar-refractivity contribution in [3.05, 3.63) is 91.0 Å². The van der Waals surface area contributed by atoms with Crippen LogP contribution in [0.1, 0.15) is 19.3 Å². The van der Waals surface area contributed by atoms with Gasteiger partial charge >= 0.3 is 204 Å².